The molecule has 0 saturated carbocycles. The maximum Gasteiger partial charge on any atom is 0.325 e. The lowest BCUT2D eigenvalue weighted by Gasteiger charge is -2.26. The van der Waals surface area contributed by atoms with E-state index in [-0.39, 0.29) is 5.91 Å². The highest BCUT2D eigenvalue weighted by molar-refractivity contribution is 6.03. The first-order valence-corrected chi connectivity index (χ1v) is 10.9. The molecule has 3 aliphatic rings. The van der Waals surface area contributed by atoms with Gasteiger partial charge in [-0.25, -0.2) is 0 Å². The first-order chi connectivity index (χ1) is 15.5. The fourth-order valence-electron chi connectivity index (χ4n) is 5.23. The summed E-state index contributed by atoms with van der Waals surface area (Å²) in [7, 11) is 1.52. The van der Waals surface area contributed by atoms with Crippen molar-refractivity contribution in [2.75, 3.05) is 7.11 Å². The summed E-state index contributed by atoms with van der Waals surface area (Å²) >= 11 is 0. The molecule has 0 fully saturated rings. The average Bonchev–Trinajstić information content (AvgIpc) is 3.43. The standard InChI is InChI=1S/C26H27NO6/c1-7-26(5)19-12(2)14-11-16(25(3,4)30)32-21(14)18(22(19)33-24(26)29)20-13-9-8-10-15(31-6)17(13)23(28)27-20/h7-10,16,20,30H,1,11H2,2-6H3,(H,27,28)/t16-,20-,26+/m1/s1. The quantitative estimate of drug-likeness (QED) is 0.423. The largest absolute Gasteiger partial charge is 0.496 e. The summed E-state index contributed by atoms with van der Waals surface area (Å²) in [5, 5.41) is 13.7. The summed E-state index contributed by atoms with van der Waals surface area (Å²) in [6.07, 6.45) is 1.58. The zero-order chi connectivity index (χ0) is 23.9. The molecule has 7 heteroatoms. The molecule has 1 amide bonds. The van der Waals surface area contributed by atoms with E-state index in [0.717, 1.165) is 16.7 Å². The molecular weight excluding hydrogens is 422 g/mol. The Morgan fingerprint density at radius 2 is 2.03 bits per heavy atom. The number of aliphatic hydroxyl groups is 1. The lowest BCUT2D eigenvalue weighted by Crippen LogP contribution is -2.39. The molecule has 2 aromatic rings. The van der Waals surface area contributed by atoms with Crippen LogP contribution in [0.3, 0.4) is 0 Å². The molecule has 0 radical (unpaired) electrons. The van der Waals surface area contributed by atoms with Crippen molar-refractivity contribution in [3.05, 3.63) is 64.2 Å². The first-order valence-electron chi connectivity index (χ1n) is 10.9. The lowest BCUT2D eigenvalue weighted by atomic mass is 9.77. The third kappa shape index (κ3) is 2.78. The number of benzene rings is 2. The Hall–Kier alpha value is -3.32. The predicted molar refractivity (Wildman–Crippen MR) is 121 cm³/mol. The Bertz CT molecular complexity index is 1240. The fraction of sp³-hybridized carbons (Fsp3) is 0.385. The van der Waals surface area contributed by atoms with Gasteiger partial charge in [0, 0.05) is 17.5 Å². The molecule has 0 saturated heterocycles. The molecule has 5 rings (SSSR count). The summed E-state index contributed by atoms with van der Waals surface area (Å²) in [4.78, 5) is 26.0. The summed E-state index contributed by atoms with van der Waals surface area (Å²) < 4.78 is 17.6. The number of ether oxygens (including phenoxy) is 3. The molecule has 3 heterocycles. The third-order valence-electron chi connectivity index (χ3n) is 7.18. The Balaban J connectivity index is 1.81. The molecule has 2 N–H and O–H groups in total. The average molecular weight is 450 g/mol. The maximum atomic E-state index is 13.0. The molecule has 0 spiro atoms. The van der Waals surface area contributed by atoms with Gasteiger partial charge in [-0.1, -0.05) is 18.2 Å². The van der Waals surface area contributed by atoms with Crippen molar-refractivity contribution in [1.29, 1.82) is 0 Å². The van der Waals surface area contributed by atoms with Crippen molar-refractivity contribution in [2.45, 2.75) is 57.3 Å². The summed E-state index contributed by atoms with van der Waals surface area (Å²) in [5.41, 5.74) is 2.11. The molecule has 172 valence electrons. The van der Waals surface area contributed by atoms with Crippen molar-refractivity contribution in [1.82, 2.24) is 5.32 Å². The lowest BCUT2D eigenvalue weighted by molar-refractivity contribution is -0.136. The van der Waals surface area contributed by atoms with Crippen LogP contribution in [0.25, 0.3) is 0 Å². The number of amides is 1. The summed E-state index contributed by atoms with van der Waals surface area (Å²) in [6, 6.07) is 4.80. The minimum atomic E-state index is -1.09. The highest BCUT2D eigenvalue weighted by Gasteiger charge is 2.51. The fourth-order valence-corrected chi connectivity index (χ4v) is 5.23. The van der Waals surface area contributed by atoms with Crippen LogP contribution in [0.5, 0.6) is 17.2 Å². The molecular formula is C26H27NO6. The number of rotatable bonds is 4. The van der Waals surface area contributed by atoms with E-state index in [4.69, 9.17) is 14.2 Å². The van der Waals surface area contributed by atoms with Gasteiger partial charge in [-0.05, 0) is 44.9 Å². The van der Waals surface area contributed by atoms with Crippen molar-refractivity contribution in [3.8, 4) is 17.2 Å². The molecule has 3 aliphatic heterocycles. The smallest absolute Gasteiger partial charge is 0.325 e. The maximum absolute atomic E-state index is 13.0. The second-order valence-electron chi connectivity index (χ2n) is 9.64. The molecule has 7 nitrogen and oxygen atoms in total. The normalized spacial score (nSPS) is 25.0. The van der Waals surface area contributed by atoms with Crippen LogP contribution in [0, 0.1) is 6.92 Å². The predicted octanol–water partition coefficient (Wildman–Crippen LogP) is 3.27. The van der Waals surface area contributed by atoms with Gasteiger partial charge >= 0.3 is 5.97 Å². The monoisotopic (exact) mass is 449 g/mol. The van der Waals surface area contributed by atoms with Crippen molar-refractivity contribution < 1.29 is 28.9 Å². The van der Waals surface area contributed by atoms with E-state index in [2.05, 4.69) is 11.9 Å². The molecule has 0 bridgehead atoms. The van der Waals surface area contributed by atoms with Crippen molar-refractivity contribution in [2.24, 2.45) is 0 Å². The van der Waals surface area contributed by atoms with Crippen LogP contribution in [-0.2, 0) is 16.6 Å². The molecule has 0 aliphatic carbocycles. The van der Waals surface area contributed by atoms with Crippen molar-refractivity contribution in [3.63, 3.8) is 0 Å². The first kappa shape index (κ1) is 21.5. The highest BCUT2D eigenvalue weighted by Crippen LogP contribution is 2.56. The minimum Gasteiger partial charge on any atom is -0.496 e. The van der Waals surface area contributed by atoms with E-state index in [0.29, 0.717) is 40.4 Å². The van der Waals surface area contributed by atoms with E-state index in [1.807, 2.05) is 19.1 Å². The zero-order valence-corrected chi connectivity index (χ0v) is 19.4. The minimum absolute atomic E-state index is 0.275. The number of carbonyl (C=O) groups excluding carboxylic acids is 2. The van der Waals surface area contributed by atoms with E-state index in [1.54, 1.807) is 32.9 Å². The van der Waals surface area contributed by atoms with Gasteiger partial charge in [0.25, 0.3) is 5.91 Å². The number of methoxy groups -OCH3 is 1. The number of esters is 1. The van der Waals surface area contributed by atoms with Gasteiger partial charge in [0.05, 0.1) is 29.9 Å². The zero-order valence-electron chi connectivity index (χ0n) is 19.4. The highest BCUT2D eigenvalue weighted by atomic mass is 16.5. The number of nitrogens with one attached hydrogen (secondary N) is 1. The van der Waals surface area contributed by atoms with Gasteiger partial charge in [0.1, 0.15) is 28.8 Å². The Morgan fingerprint density at radius 1 is 1.30 bits per heavy atom. The number of fused-ring (bicyclic) bond motifs is 3. The van der Waals surface area contributed by atoms with Crippen molar-refractivity contribution >= 4 is 11.9 Å². The number of hydrogen-bond acceptors (Lipinski definition) is 6. The van der Waals surface area contributed by atoms with E-state index in [9.17, 15) is 14.7 Å². The van der Waals surface area contributed by atoms with Gasteiger partial charge in [-0.3, -0.25) is 9.59 Å². The van der Waals surface area contributed by atoms with E-state index >= 15 is 0 Å². The molecule has 3 atom stereocenters. The SMILES string of the molecule is C=C[C@]1(C)C(=O)Oc2c([C@@H]3NC(=O)c4c(OC)cccc43)c3c(c(C)c21)C[C@H](C(C)(C)O)O3. The Kier molecular flexibility index (Phi) is 4.46. The van der Waals surface area contributed by atoms with Crippen LogP contribution in [0.15, 0.2) is 30.9 Å². The van der Waals surface area contributed by atoms with E-state index < -0.39 is 29.1 Å². The van der Waals surface area contributed by atoms with Gasteiger partial charge < -0.3 is 24.6 Å². The van der Waals surface area contributed by atoms with Crippen LogP contribution in [0.1, 0.15) is 65.0 Å². The van der Waals surface area contributed by atoms with Gasteiger partial charge in [-0.2, -0.15) is 0 Å². The van der Waals surface area contributed by atoms with Gasteiger partial charge in [0.2, 0.25) is 0 Å². The summed E-state index contributed by atoms with van der Waals surface area (Å²) in [6.45, 7) is 11.0. The van der Waals surface area contributed by atoms with Crippen LogP contribution < -0.4 is 19.5 Å². The Morgan fingerprint density at radius 3 is 2.67 bits per heavy atom. The molecule has 33 heavy (non-hydrogen) atoms. The van der Waals surface area contributed by atoms with Crippen LogP contribution >= 0.6 is 0 Å². The van der Waals surface area contributed by atoms with Crippen LogP contribution in [0.2, 0.25) is 0 Å². The van der Waals surface area contributed by atoms with E-state index in [1.165, 1.54) is 7.11 Å². The number of hydrogen-bond donors (Lipinski definition) is 2. The third-order valence-corrected chi connectivity index (χ3v) is 7.18. The molecule has 0 unspecified atom stereocenters. The van der Waals surface area contributed by atoms with Gasteiger partial charge in [0.15, 0.2) is 0 Å². The van der Waals surface area contributed by atoms with Crippen LogP contribution in [-0.4, -0.2) is 35.8 Å². The molecule has 2 aromatic carbocycles. The Labute approximate surface area is 192 Å². The van der Waals surface area contributed by atoms with Crippen LogP contribution in [0.4, 0.5) is 0 Å². The summed E-state index contributed by atoms with van der Waals surface area (Å²) in [5.74, 6) is 0.700. The second kappa shape index (κ2) is 6.84. The topological polar surface area (TPSA) is 94.1 Å². The van der Waals surface area contributed by atoms with Gasteiger partial charge in [-0.15, -0.1) is 6.58 Å². The molecule has 0 aromatic heterocycles. The second-order valence-corrected chi connectivity index (χ2v) is 9.64. The number of carbonyl (C=O) groups is 2.